The summed E-state index contributed by atoms with van der Waals surface area (Å²) in [4.78, 5) is 12.3. The van der Waals surface area contributed by atoms with Gasteiger partial charge in [-0.3, -0.25) is 4.79 Å². The first-order valence-corrected chi connectivity index (χ1v) is 19.8. The lowest BCUT2D eigenvalue weighted by molar-refractivity contribution is -0.123. The molecule has 0 aliphatic rings. The van der Waals surface area contributed by atoms with Crippen molar-refractivity contribution in [2.45, 2.75) is 226 Å². The van der Waals surface area contributed by atoms with Crippen LogP contribution >= 0.6 is 0 Å². The number of rotatable bonds is 35. The quantitative estimate of drug-likeness (QED) is 0.0487. The Kier molecular flexibility index (Phi) is 34.3. The molecule has 0 aromatic carbocycles. The number of nitrogens with one attached hydrogen (secondary N) is 1. The van der Waals surface area contributed by atoms with Gasteiger partial charge in [0.1, 0.15) is 0 Å². The first-order valence-electron chi connectivity index (χ1n) is 19.8. The number of allylic oxidation sites excluding steroid dienone is 1. The molecule has 1 amide bonds. The van der Waals surface area contributed by atoms with Crippen LogP contribution in [0, 0.1) is 5.92 Å². The molecule has 0 spiro atoms. The molecule has 4 nitrogen and oxygen atoms in total. The molecule has 0 rings (SSSR count). The number of hydrogen-bond donors (Lipinski definition) is 3. The van der Waals surface area contributed by atoms with Crippen LogP contribution < -0.4 is 5.32 Å². The normalized spacial score (nSPS) is 13.2. The molecule has 0 saturated carbocycles. The number of carbonyl (C=O) groups is 1. The van der Waals surface area contributed by atoms with E-state index in [2.05, 4.69) is 26.1 Å². The van der Waals surface area contributed by atoms with E-state index in [1.807, 2.05) is 6.08 Å². The fraction of sp³-hybridized carbons (Fsp3) is 0.925. The fourth-order valence-electron chi connectivity index (χ4n) is 6.13. The number of carbonyl (C=O) groups excluding carboxylic acids is 1. The molecule has 4 heteroatoms. The van der Waals surface area contributed by atoms with Crippen LogP contribution in [0.2, 0.25) is 0 Å². The van der Waals surface area contributed by atoms with Crippen molar-refractivity contribution < 1.29 is 15.0 Å². The molecule has 262 valence electrons. The van der Waals surface area contributed by atoms with E-state index < -0.39 is 12.1 Å². The second kappa shape index (κ2) is 35.0. The van der Waals surface area contributed by atoms with Gasteiger partial charge in [0.15, 0.2) is 0 Å². The zero-order chi connectivity index (χ0) is 32.4. The van der Waals surface area contributed by atoms with Gasteiger partial charge in [-0.1, -0.05) is 200 Å². The lowest BCUT2D eigenvalue weighted by Gasteiger charge is -2.20. The van der Waals surface area contributed by atoms with E-state index in [4.69, 9.17) is 0 Å². The Balaban J connectivity index is 3.53. The van der Waals surface area contributed by atoms with Gasteiger partial charge in [0, 0.05) is 6.42 Å². The highest BCUT2D eigenvalue weighted by Crippen LogP contribution is 2.16. The van der Waals surface area contributed by atoms with E-state index in [1.165, 1.54) is 161 Å². The third-order valence-electron chi connectivity index (χ3n) is 9.20. The van der Waals surface area contributed by atoms with Gasteiger partial charge in [0.2, 0.25) is 5.91 Å². The Morgan fingerprint density at radius 3 is 1.39 bits per heavy atom. The Hall–Kier alpha value is -0.870. The van der Waals surface area contributed by atoms with Gasteiger partial charge in [-0.05, 0) is 25.2 Å². The molecule has 0 radical (unpaired) electrons. The summed E-state index contributed by atoms with van der Waals surface area (Å²) >= 11 is 0. The van der Waals surface area contributed by atoms with Gasteiger partial charge >= 0.3 is 0 Å². The summed E-state index contributed by atoms with van der Waals surface area (Å²) in [5, 5.41) is 22.9. The average Bonchev–Trinajstić information content (AvgIpc) is 3.01. The number of aliphatic hydroxyl groups is 2. The van der Waals surface area contributed by atoms with Gasteiger partial charge in [-0.2, -0.15) is 0 Å². The first-order chi connectivity index (χ1) is 21.5. The van der Waals surface area contributed by atoms with Gasteiger partial charge in [0.25, 0.3) is 0 Å². The largest absolute Gasteiger partial charge is 0.394 e. The van der Waals surface area contributed by atoms with Gasteiger partial charge in [-0.15, -0.1) is 0 Å². The van der Waals surface area contributed by atoms with Crippen LogP contribution in [0.4, 0.5) is 0 Å². The highest BCUT2D eigenvalue weighted by Gasteiger charge is 2.17. The van der Waals surface area contributed by atoms with Crippen molar-refractivity contribution in [2.24, 2.45) is 5.92 Å². The van der Waals surface area contributed by atoms with Crippen molar-refractivity contribution in [2.75, 3.05) is 6.61 Å². The topological polar surface area (TPSA) is 69.6 Å². The highest BCUT2D eigenvalue weighted by molar-refractivity contribution is 5.76. The second-order valence-corrected chi connectivity index (χ2v) is 14.2. The molecule has 3 N–H and O–H groups in total. The standard InChI is InChI=1S/C40H79NO3/c1-4-5-6-7-8-9-10-11-12-13-14-15-16-17-18-19-23-26-29-32-35-40(44)41-38(36-42)39(43)34-31-28-25-22-20-21-24-27-30-33-37(2)3/h31,34,37-39,42-43H,4-30,32-33,35-36H2,1-3H3,(H,41,44)/b34-31+. The second-order valence-electron chi connectivity index (χ2n) is 14.2. The molecule has 2 unspecified atom stereocenters. The van der Waals surface area contributed by atoms with Crippen LogP contribution in [0.3, 0.4) is 0 Å². The zero-order valence-corrected chi connectivity index (χ0v) is 30.1. The minimum atomic E-state index is -0.834. The summed E-state index contributed by atoms with van der Waals surface area (Å²) < 4.78 is 0. The summed E-state index contributed by atoms with van der Waals surface area (Å²) in [6.45, 7) is 6.64. The van der Waals surface area contributed by atoms with E-state index in [0.29, 0.717) is 6.42 Å². The SMILES string of the molecule is CCCCCCCCCCCCCCCCCCCCCCC(=O)NC(CO)C(O)/C=C/CCCCCCCCCC(C)C. The van der Waals surface area contributed by atoms with Crippen molar-refractivity contribution in [3.63, 3.8) is 0 Å². The molecule has 0 fully saturated rings. The molecule has 0 aliphatic heterocycles. The van der Waals surface area contributed by atoms with Crippen LogP contribution in [-0.2, 0) is 4.79 Å². The summed E-state index contributed by atoms with van der Waals surface area (Å²) in [6, 6.07) is -0.616. The van der Waals surface area contributed by atoms with Crippen LogP contribution in [0.5, 0.6) is 0 Å². The monoisotopic (exact) mass is 622 g/mol. The summed E-state index contributed by atoms with van der Waals surface area (Å²) in [5.74, 6) is 0.761. The Morgan fingerprint density at radius 1 is 0.591 bits per heavy atom. The Morgan fingerprint density at radius 2 is 0.977 bits per heavy atom. The number of aliphatic hydroxyl groups excluding tert-OH is 2. The third kappa shape index (κ3) is 32.5. The molecule has 0 heterocycles. The van der Waals surface area contributed by atoms with E-state index >= 15 is 0 Å². The predicted octanol–water partition coefficient (Wildman–Crippen LogP) is 11.8. The minimum Gasteiger partial charge on any atom is -0.394 e. The van der Waals surface area contributed by atoms with Crippen LogP contribution in [-0.4, -0.2) is 34.9 Å². The highest BCUT2D eigenvalue weighted by atomic mass is 16.3. The summed E-state index contributed by atoms with van der Waals surface area (Å²) in [6.07, 6.45) is 41.7. The molecular weight excluding hydrogens is 542 g/mol. The maximum atomic E-state index is 12.3. The van der Waals surface area contributed by atoms with E-state index in [9.17, 15) is 15.0 Å². The van der Waals surface area contributed by atoms with Crippen molar-refractivity contribution in [3.8, 4) is 0 Å². The Labute approximate surface area is 276 Å². The summed E-state index contributed by atoms with van der Waals surface area (Å²) in [7, 11) is 0. The molecule has 0 bridgehead atoms. The minimum absolute atomic E-state index is 0.0627. The molecule has 0 aromatic heterocycles. The lowest BCUT2D eigenvalue weighted by atomic mass is 10.0. The van der Waals surface area contributed by atoms with Gasteiger partial charge < -0.3 is 15.5 Å². The smallest absolute Gasteiger partial charge is 0.220 e. The maximum absolute atomic E-state index is 12.3. The average molecular weight is 622 g/mol. The van der Waals surface area contributed by atoms with Crippen molar-refractivity contribution in [3.05, 3.63) is 12.2 Å². The summed E-state index contributed by atoms with van der Waals surface area (Å²) in [5.41, 5.74) is 0. The Bertz CT molecular complexity index is 605. The number of unbranched alkanes of at least 4 members (excludes halogenated alkanes) is 26. The number of hydrogen-bond acceptors (Lipinski definition) is 3. The van der Waals surface area contributed by atoms with Crippen molar-refractivity contribution in [1.82, 2.24) is 5.32 Å². The van der Waals surface area contributed by atoms with Crippen molar-refractivity contribution >= 4 is 5.91 Å². The molecule has 44 heavy (non-hydrogen) atoms. The lowest BCUT2D eigenvalue weighted by Crippen LogP contribution is -2.45. The van der Waals surface area contributed by atoms with Crippen LogP contribution in [0.1, 0.15) is 213 Å². The number of amides is 1. The molecule has 0 aliphatic carbocycles. The van der Waals surface area contributed by atoms with Crippen LogP contribution in [0.15, 0.2) is 12.2 Å². The van der Waals surface area contributed by atoms with E-state index in [0.717, 1.165) is 31.6 Å². The van der Waals surface area contributed by atoms with Gasteiger partial charge in [-0.25, -0.2) is 0 Å². The molecule has 0 saturated heterocycles. The predicted molar refractivity (Wildman–Crippen MR) is 193 cm³/mol. The third-order valence-corrected chi connectivity index (χ3v) is 9.20. The van der Waals surface area contributed by atoms with Gasteiger partial charge in [0.05, 0.1) is 18.8 Å². The molecular formula is C40H79NO3. The van der Waals surface area contributed by atoms with E-state index in [1.54, 1.807) is 6.08 Å². The van der Waals surface area contributed by atoms with Crippen molar-refractivity contribution in [1.29, 1.82) is 0 Å². The zero-order valence-electron chi connectivity index (χ0n) is 30.1. The molecule has 2 atom stereocenters. The van der Waals surface area contributed by atoms with Crippen LogP contribution in [0.25, 0.3) is 0 Å². The van der Waals surface area contributed by atoms with E-state index in [-0.39, 0.29) is 12.5 Å². The fourth-order valence-corrected chi connectivity index (χ4v) is 6.13. The molecule has 0 aromatic rings. The first kappa shape index (κ1) is 43.1. The maximum Gasteiger partial charge on any atom is 0.220 e.